The van der Waals surface area contributed by atoms with Crippen molar-refractivity contribution in [3.05, 3.63) is 33.8 Å². The van der Waals surface area contributed by atoms with E-state index in [2.05, 4.69) is 24.5 Å². The van der Waals surface area contributed by atoms with E-state index in [0.717, 1.165) is 23.6 Å². The molecule has 1 heterocycles. The number of benzene rings is 1. The third kappa shape index (κ3) is 6.35. The quantitative estimate of drug-likeness (QED) is 0.791. The van der Waals surface area contributed by atoms with E-state index >= 15 is 0 Å². The number of halogens is 3. The van der Waals surface area contributed by atoms with E-state index in [4.69, 9.17) is 23.2 Å². The molecule has 1 amide bonds. The normalized spacial score (nSPS) is 18.2. The van der Waals surface area contributed by atoms with Crippen molar-refractivity contribution in [1.82, 2.24) is 10.6 Å². The zero-order chi connectivity index (χ0) is 16.2. The maximum absolute atomic E-state index is 12.1. The molecule has 23 heavy (non-hydrogen) atoms. The smallest absolute Gasteiger partial charge is 0.221 e. The molecule has 1 atom stereocenters. The van der Waals surface area contributed by atoms with Crippen molar-refractivity contribution in [2.45, 2.75) is 31.7 Å². The molecule has 1 aliphatic heterocycles. The fourth-order valence-corrected chi connectivity index (χ4v) is 3.63. The number of rotatable bonds is 5. The lowest BCUT2D eigenvalue weighted by molar-refractivity contribution is -0.121. The predicted molar refractivity (Wildman–Crippen MR) is 103 cm³/mol. The van der Waals surface area contributed by atoms with Gasteiger partial charge in [-0.25, -0.2) is 0 Å². The summed E-state index contributed by atoms with van der Waals surface area (Å²) in [6.07, 6.45) is 0.532. The molecule has 1 aromatic carbocycles. The van der Waals surface area contributed by atoms with E-state index in [-0.39, 0.29) is 29.8 Å². The molecule has 3 nitrogen and oxygen atoms in total. The average Bonchev–Trinajstić information content (AvgIpc) is 2.49. The second-order valence-corrected chi connectivity index (χ2v) is 8.18. The highest BCUT2D eigenvalue weighted by atomic mass is 35.5. The van der Waals surface area contributed by atoms with Crippen LogP contribution in [0.15, 0.2) is 18.2 Å². The Hall–Kier alpha value is -0.130. The molecule has 0 aliphatic carbocycles. The van der Waals surface area contributed by atoms with Gasteiger partial charge in [-0.1, -0.05) is 43.1 Å². The SMILES string of the molecule is CC(C)(CNC(=O)CC1CSCCN1)c1ccc(Cl)c(Cl)c1.Cl. The Kier molecular flexibility index (Phi) is 8.53. The number of carbonyl (C=O) groups excluding carboxylic acids is 1. The summed E-state index contributed by atoms with van der Waals surface area (Å²) >= 11 is 13.9. The third-order valence-corrected chi connectivity index (χ3v) is 5.73. The number of nitrogens with one attached hydrogen (secondary N) is 2. The second-order valence-electron chi connectivity index (χ2n) is 6.22. The van der Waals surface area contributed by atoms with Gasteiger partial charge in [-0.3, -0.25) is 4.79 Å². The first kappa shape index (κ1) is 20.9. The first-order valence-corrected chi connectivity index (χ1v) is 9.33. The van der Waals surface area contributed by atoms with Crippen molar-refractivity contribution in [3.63, 3.8) is 0 Å². The summed E-state index contributed by atoms with van der Waals surface area (Å²) in [5, 5.41) is 7.51. The Labute approximate surface area is 158 Å². The molecule has 1 aromatic rings. The summed E-state index contributed by atoms with van der Waals surface area (Å²) in [6.45, 7) is 5.73. The standard InChI is InChI=1S/C16H22Cl2N2OS.ClH/c1-16(2,11-3-4-13(17)14(18)7-11)10-20-15(21)8-12-9-22-6-5-19-12;/h3-4,7,12,19H,5-6,8-10H2,1-2H3,(H,20,21);1H. The second kappa shape index (κ2) is 9.38. The number of thioether (sulfide) groups is 1. The number of hydrogen-bond donors (Lipinski definition) is 2. The summed E-state index contributed by atoms with van der Waals surface area (Å²) in [4.78, 5) is 12.1. The summed E-state index contributed by atoms with van der Waals surface area (Å²) in [5.74, 6) is 2.22. The van der Waals surface area contributed by atoms with Gasteiger partial charge in [0.25, 0.3) is 0 Å². The number of carbonyl (C=O) groups is 1. The minimum Gasteiger partial charge on any atom is -0.355 e. The van der Waals surface area contributed by atoms with Crippen molar-refractivity contribution in [1.29, 1.82) is 0 Å². The average molecular weight is 398 g/mol. The Balaban J connectivity index is 0.00000264. The molecule has 1 unspecified atom stereocenters. The van der Waals surface area contributed by atoms with Crippen LogP contribution in [0.1, 0.15) is 25.8 Å². The fraction of sp³-hybridized carbons (Fsp3) is 0.562. The van der Waals surface area contributed by atoms with Crippen LogP contribution in [0, 0.1) is 0 Å². The van der Waals surface area contributed by atoms with Crippen LogP contribution in [0.5, 0.6) is 0 Å². The number of hydrogen-bond acceptors (Lipinski definition) is 3. The molecule has 1 aliphatic rings. The van der Waals surface area contributed by atoms with Gasteiger partial charge in [0.1, 0.15) is 0 Å². The van der Waals surface area contributed by atoms with E-state index in [1.54, 1.807) is 6.07 Å². The molecule has 0 spiro atoms. The van der Waals surface area contributed by atoms with Crippen LogP contribution in [0.2, 0.25) is 10.0 Å². The highest BCUT2D eigenvalue weighted by Gasteiger charge is 2.23. The predicted octanol–water partition coefficient (Wildman–Crippen LogP) is 3.90. The lowest BCUT2D eigenvalue weighted by atomic mass is 9.84. The van der Waals surface area contributed by atoms with Gasteiger partial charge in [-0.15, -0.1) is 12.4 Å². The van der Waals surface area contributed by atoms with E-state index in [9.17, 15) is 4.79 Å². The highest BCUT2D eigenvalue weighted by Crippen LogP contribution is 2.29. The third-order valence-electron chi connectivity index (χ3n) is 3.86. The monoisotopic (exact) mass is 396 g/mol. The van der Waals surface area contributed by atoms with Crippen LogP contribution in [-0.2, 0) is 10.2 Å². The van der Waals surface area contributed by atoms with Crippen molar-refractivity contribution in [3.8, 4) is 0 Å². The summed E-state index contributed by atoms with van der Waals surface area (Å²) in [5.41, 5.74) is 0.868. The fourth-order valence-electron chi connectivity index (χ4n) is 2.39. The van der Waals surface area contributed by atoms with Crippen LogP contribution in [0.4, 0.5) is 0 Å². The van der Waals surface area contributed by atoms with Crippen LogP contribution in [0.3, 0.4) is 0 Å². The maximum Gasteiger partial charge on any atom is 0.221 e. The van der Waals surface area contributed by atoms with Crippen molar-refractivity contribution < 1.29 is 4.79 Å². The molecule has 130 valence electrons. The van der Waals surface area contributed by atoms with Gasteiger partial charge in [-0.2, -0.15) is 11.8 Å². The van der Waals surface area contributed by atoms with Crippen molar-refractivity contribution in [2.75, 3.05) is 24.6 Å². The van der Waals surface area contributed by atoms with Crippen LogP contribution in [-0.4, -0.2) is 36.5 Å². The molecule has 0 aromatic heterocycles. The molecule has 2 N–H and O–H groups in total. The van der Waals surface area contributed by atoms with Gasteiger partial charge in [-0.05, 0) is 17.7 Å². The molecule has 0 saturated carbocycles. The summed E-state index contributed by atoms with van der Waals surface area (Å²) in [6, 6.07) is 5.91. The highest BCUT2D eigenvalue weighted by molar-refractivity contribution is 7.99. The Morgan fingerprint density at radius 1 is 1.39 bits per heavy atom. The van der Waals surface area contributed by atoms with Crippen molar-refractivity contribution >= 4 is 53.3 Å². The molecular weight excluding hydrogens is 375 g/mol. The van der Waals surface area contributed by atoms with Crippen LogP contribution < -0.4 is 10.6 Å². The Morgan fingerprint density at radius 3 is 2.74 bits per heavy atom. The van der Waals surface area contributed by atoms with E-state index < -0.39 is 0 Å². The Morgan fingerprint density at radius 2 is 2.13 bits per heavy atom. The molecular formula is C16H23Cl3N2OS. The molecule has 2 rings (SSSR count). The molecule has 0 radical (unpaired) electrons. The van der Waals surface area contributed by atoms with Gasteiger partial charge in [0.2, 0.25) is 5.91 Å². The maximum atomic E-state index is 12.1. The van der Waals surface area contributed by atoms with E-state index in [1.165, 1.54) is 0 Å². The topological polar surface area (TPSA) is 41.1 Å². The van der Waals surface area contributed by atoms with Gasteiger partial charge in [0.15, 0.2) is 0 Å². The van der Waals surface area contributed by atoms with Gasteiger partial charge < -0.3 is 10.6 Å². The van der Waals surface area contributed by atoms with Gasteiger partial charge in [0.05, 0.1) is 10.0 Å². The number of amides is 1. The molecule has 1 saturated heterocycles. The first-order valence-electron chi connectivity index (χ1n) is 7.42. The molecule has 1 fully saturated rings. The van der Waals surface area contributed by atoms with Crippen molar-refractivity contribution in [2.24, 2.45) is 0 Å². The minimum absolute atomic E-state index is 0. The minimum atomic E-state index is -0.196. The zero-order valence-electron chi connectivity index (χ0n) is 13.3. The largest absolute Gasteiger partial charge is 0.355 e. The lowest BCUT2D eigenvalue weighted by Gasteiger charge is -2.27. The van der Waals surface area contributed by atoms with E-state index in [1.807, 2.05) is 23.9 Å². The molecule has 0 bridgehead atoms. The van der Waals surface area contributed by atoms with Gasteiger partial charge >= 0.3 is 0 Å². The first-order chi connectivity index (χ1) is 10.4. The summed E-state index contributed by atoms with van der Waals surface area (Å²) < 4.78 is 0. The van der Waals surface area contributed by atoms with Crippen LogP contribution in [0.25, 0.3) is 0 Å². The molecule has 7 heteroatoms. The van der Waals surface area contributed by atoms with Gasteiger partial charge in [0, 0.05) is 42.5 Å². The zero-order valence-corrected chi connectivity index (χ0v) is 16.5. The summed E-state index contributed by atoms with van der Waals surface area (Å²) in [7, 11) is 0. The Bertz CT molecular complexity index is 534. The lowest BCUT2D eigenvalue weighted by Crippen LogP contribution is -2.43. The van der Waals surface area contributed by atoms with E-state index in [0.29, 0.717) is 23.0 Å². The van der Waals surface area contributed by atoms with Crippen LogP contribution >= 0.6 is 47.4 Å².